The number of hydrogen-bond donors (Lipinski definition) is 1. The maximum atomic E-state index is 13.1. The highest BCUT2D eigenvalue weighted by atomic mass is 16.5. The predicted octanol–water partition coefficient (Wildman–Crippen LogP) is 2.06. The molecule has 6 nitrogen and oxygen atoms in total. The van der Waals surface area contributed by atoms with E-state index < -0.39 is 5.41 Å². The highest BCUT2D eigenvalue weighted by Crippen LogP contribution is 2.53. The van der Waals surface area contributed by atoms with Crippen LogP contribution in [0.15, 0.2) is 36.1 Å². The molecular weight excluding hydrogens is 344 g/mol. The van der Waals surface area contributed by atoms with E-state index in [-0.39, 0.29) is 35.9 Å². The Morgan fingerprint density at radius 1 is 1.37 bits per heavy atom. The van der Waals surface area contributed by atoms with Gasteiger partial charge in [0.1, 0.15) is 0 Å². The second-order valence-electron chi connectivity index (χ2n) is 8.14. The van der Waals surface area contributed by atoms with Crippen LogP contribution in [-0.2, 0) is 24.5 Å². The van der Waals surface area contributed by atoms with Crippen molar-refractivity contribution in [1.29, 1.82) is 0 Å². The van der Waals surface area contributed by atoms with Crippen LogP contribution in [0, 0.1) is 11.8 Å². The Bertz CT molecular complexity index is 850. The van der Waals surface area contributed by atoms with Gasteiger partial charge in [0, 0.05) is 30.1 Å². The normalized spacial score (nSPS) is 37.0. The summed E-state index contributed by atoms with van der Waals surface area (Å²) in [6, 6.07) is 8.10. The van der Waals surface area contributed by atoms with E-state index in [0.717, 1.165) is 37.2 Å². The number of para-hydroxylation sites is 1. The van der Waals surface area contributed by atoms with Gasteiger partial charge in [-0.3, -0.25) is 9.69 Å². The molecule has 1 amide bonds. The van der Waals surface area contributed by atoms with Gasteiger partial charge in [-0.15, -0.1) is 0 Å². The first-order valence-electron chi connectivity index (χ1n) is 9.65. The van der Waals surface area contributed by atoms with E-state index in [1.807, 2.05) is 18.2 Å². The molecule has 27 heavy (non-hydrogen) atoms. The van der Waals surface area contributed by atoms with Crippen molar-refractivity contribution in [1.82, 2.24) is 4.90 Å². The molecule has 1 aromatic carbocycles. The van der Waals surface area contributed by atoms with Crippen LogP contribution in [0.25, 0.3) is 0 Å². The zero-order chi connectivity index (χ0) is 18.8. The predicted molar refractivity (Wildman–Crippen MR) is 99.0 cm³/mol. The Kier molecular flexibility index (Phi) is 3.63. The summed E-state index contributed by atoms with van der Waals surface area (Å²) in [6.45, 7) is 3.79. The van der Waals surface area contributed by atoms with Crippen molar-refractivity contribution in [2.75, 3.05) is 25.5 Å². The number of nitrogens with zero attached hydrogens (tertiary/aromatic N) is 1. The molecule has 1 N–H and O–H groups in total. The Morgan fingerprint density at radius 2 is 2.19 bits per heavy atom. The number of rotatable bonds is 1. The summed E-state index contributed by atoms with van der Waals surface area (Å²) >= 11 is 0. The van der Waals surface area contributed by atoms with Crippen molar-refractivity contribution in [2.24, 2.45) is 11.8 Å². The van der Waals surface area contributed by atoms with Crippen molar-refractivity contribution in [3.63, 3.8) is 0 Å². The number of nitrogens with one attached hydrogen (secondary N) is 1. The van der Waals surface area contributed by atoms with E-state index in [9.17, 15) is 9.59 Å². The lowest BCUT2D eigenvalue weighted by Gasteiger charge is -2.48. The number of amides is 1. The van der Waals surface area contributed by atoms with Crippen molar-refractivity contribution in [3.8, 4) is 0 Å². The summed E-state index contributed by atoms with van der Waals surface area (Å²) in [5.74, 6) is 0.0558. The molecule has 6 heteroatoms. The molecule has 1 unspecified atom stereocenters. The molecule has 0 bridgehead atoms. The molecule has 4 heterocycles. The topological polar surface area (TPSA) is 67.9 Å². The quantitative estimate of drug-likeness (QED) is 0.769. The summed E-state index contributed by atoms with van der Waals surface area (Å²) in [5, 5.41) is 3.09. The summed E-state index contributed by atoms with van der Waals surface area (Å²) in [4.78, 5) is 27.9. The number of piperidine rings is 1. The van der Waals surface area contributed by atoms with Gasteiger partial charge in [0.2, 0.25) is 5.91 Å². The first-order chi connectivity index (χ1) is 13.1. The molecule has 2 fully saturated rings. The smallest absolute Gasteiger partial charge is 0.337 e. The minimum atomic E-state index is -0.523. The van der Waals surface area contributed by atoms with Gasteiger partial charge in [0.05, 0.1) is 30.5 Å². The van der Waals surface area contributed by atoms with Gasteiger partial charge in [-0.25, -0.2) is 4.79 Å². The zero-order valence-electron chi connectivity index (χ0n) is 15.6. The molecule has 5 atom stereocenters. The van der Waals surface area contributed by atoms with E-state index in [1.54, 1.807) is 6.26 Å². The van der Waals surface area contributed by atoms with Crippen LogP contribution in [0.5, 0.6) is 0 Å². The third kappa shape index (κ3) is 2.16. The molecule has 0 aliphatic carbocycles. The maximum absolute atomic E-state index is 13.1. The zero-order valence-corrected chi connectivity index (χ0v) is 15.6. The molecule has 142 valence electrons. The molecule has 5 rings (SSSR count). The van der Waals surface area contributed by atoms with E-state index in [2.05, 4.69) is 23.2 Å². The van der Waals surface area contributed by atoms with E-state index in [4.69, 9.17) is 9.47 Å². The molecule has 0 aromatic heterocycles. The highest BCUT2D eigenvalue weighted by Gasteiger charge is 2.61. The summed E-state index contributed by atoms with van der Waals surface area (Å²) in [6.07, 6.45) is 3.20. The first-order valence-corrected chi connectivity index (χ1v) is 9.65. The van der Waals surface area contributed by atoms with E-state index in [0.29, 0.717) is 5.57 Å². The lowest BCUT2D eigenvalue weighted by Crippen LogP contribution is -2.56. The molecule has 0 radical (unpaired) electrons. The molecule has 2 saturated heterocycles. The summed E-state index contributed by atoms with van der Waals surface area (Å²) in [7, 11) is 1.41. The Labute approximate surface area is 158 Å². The van der Waals surface area contributed by atoms with Gasteiger partial charge in [-0.05, 0) is 37.9 Å². The standard InChI is InChI=1S/C21H24N2O4/c1-12-14-10-23-8-7-21(16-5-3-4-6-17(16)22-20(21)25)18(23)9-13(14)15(11-27-12)19(24)26-2/h3-6,11-14,18H,7-10H2,1-2H3,(H,22,25)/t12-,13?,14+,18-,21+/m0/s1. The number of anilines is 1. The second kappa shape index (κ2) is 5.83. The van der Waals surface area contributed by atoms with Gasteiger partial charge in [-0.2, -0.15) is 0 Å². The minimum absolute atomic E-state index is 0.0468. The third-order valence-corrected chi connectivity index (χ3v) is 7.14. The molecule has 4 aliphatic rings. The van der Waals surface area contributed by atoms with Crippen molar-refractivity contribution in [2.45, 2.75) is 37.3 Å². The van der Waals surface area contributed by atoms with Crippen molar-refractivity contribution in [3.05, 3.63) is 41.7 Å². The Balaban J connectivity index is 1.55. The van der Waals surface area contributed by atoms with Crippen LogP contribution in [0.4, 0.5) is 5.69 Å². The van der Waals surface area contributed by atoms with Crippen LogP contribution in [0.1, 0.15) is 25.3 Å². The fraction of sp³-hybridized carbons (Fsp3) is 0.524. The fourth-order valence-corrected chi connectivity index (χ4v) is 5.77. The number of benzene rings is 1. The second-order valence-corrected chi connectivity index (χ2v) is 8.14. The van der Waals surface area contributed by atoms with Crippen molar-refractivity contribution < 1.29 is 19.1 Å². The lowest BCUT2D eigenvalue weighted by atomic mass is 9.66. The number of methoxy groups -OCH3 is 1. The van der Waals surface area contributed by atoms with Gasteiger partial charge < -0.3 is 14.8 Å². The number of fused-ring (bicyclic) bond motifs is 5. The summed E-state index contributed by atoms with van der Waals surface area (Å²) < 4.78 is 10.8. The van der Waals surface area contributed by atoms with E-state index in [1.165, 1.54) is 7.11 Å². The average molecular weight is 368 g/mol. The Hall–Kier alpha value is -2.34. The number of carbonyl (C=O) groups is 2. The molecule has 4 aliphatic heterocycles. The number of carbonyl (C=O) groups excluding carboxylic acids is 2. The SMILES string of the molecule is COC(=O)C1=CO[C@@H](C)[C@H]2CN3CC[C@]4(C(=O)Nc5ccccc54)[C@@H]3CC12. The largest absolute Gasteiger partial charge is 0.497 e. The van der Waals surface area contributed by atoms with Crippen molar-refractivity contribution >= 4 is 17.6 Å². The van der Waals surface area contributed by atoms with E-state index >= 15 is 0 Å². The minimum Gasteiger partial charge on any atom is -0.497 e. The number of esters is 1. The van der Waals surface area contributed by atoms with Crippen LogP contribution in [-0.4, -0.2) is 49.1 Å². The molecular formula is C21H24N2O4. The molecule has 1 spiro atoms. The van der Waals surface area contributed by atoms with Crippen LogP contribution >= 0.6 is 0 Å². The van der Waals surface area contributed by atoms with Crippen LogP contribution in [0.2, 0.25) is 0 Å². The Morgan fingerprint density at radius 3 is 3.00 bits per heavy atom. The molecule has 0 saturated carbocycles. The van der Waals surface area contributed by atoms with Gasteiger partial charge >= 0.3 is 5.97 Å². The summed E-state index contributed by atoms with van der Waals surface area (Å²) in [5.41, 5.74) is 2.11. The van der Waals surface area contributed by atoms with Gasteiger partial charge in [0.15, 0.2) is 0 Å². The number of hydrogen-bond acceptors (Lipinski definition) is 5. The highest BCUT2D eigenvalue weighted by molar-refractivity contribution is 6.07. The van der Waals surface area contributed by atoms with Crippen LogP contribution in [0.3, 0.4) is 0 Å². The average Bonchev–Trinajstić information content (AvgIpc) is 3.20. The molecule has 1 aromatic rings. The third-order valence-electron chi connectivity index (χ3n) is 7.14. The number of ether oxygens (including phenoxy) is 2. The maximum Gasteiger partial charge on any atom is 0.337 e. The monoisotopic (exact) mass is 368 g/mol. The lowest BCUT2D eigenvalue weighted by molar-refractivity contribution is -0.139. The van der Waals surface area contributed by atoms with Gasteiger partial charge in [0.25, 0.3) is 0 Å². The fourth-order valence-electron chi connectivity index (χ4n) is 5.77. The van der Waals surface area contributed by atoms with Crippen LogP contribution < -0.4 is 5.32 Å². The van der Waals surface area contributed by atoms with Gasteiger partial charge in [-0.1, -0.05) is 18.2 Å². The first kappa shape index (κ1) is 16.8.